The summed E-state index contributed by atoms with van der Waals surface area (Å²) in [6.07, 6.45) is 0.503. The number of nitrogens with zero attached hydrogens (tertiary/aromatic N) is 3. The van der Waals surface area contributed by atoms with Crippen molar-refractivity contribution in [2.24, 2.45) is 0 Å². The zero-order chi connectivity index (χ0) is 16.9. The molecule has 0 spiro atoms. The Morgan fingerprint density at radius 3 is 2.71 bits per heavy atom. The fourth-order valence-electron chi connectivity index (χ4n) is 2.05. The van der Waals surface area contributed by atoms with Gasteiger partial charge in [-0.2, -0.15) is 0 Å². The van der Waals surface area contributed by atoms with Crippen molar-refractivity contribution in [1.29, 1.82) is 0 Å². The lowest BCUT2D eigenvalue weighted by Crippen LogP contribution is -2.12. The monoisotopic (exact) mass is 344 g/mol. The molecule has 2 heterocycles. The minimum absolute atomic E-state index is 0.0359. The second kappa shape index (κ2) is 7.31. The highest BCUT2D eigenvalue weighted by Gasteiger charge is 2.15. The Hall–Kier alpha value is -2.61. The average Bonchev–Trinajstić information content (AvgIpc) is 3.19. The zero-order valence-corrected chi connectivity index (χ0v) is 14.1. The van der Waals surface area contributed by atoms with Crippen LogP contribution >= 0.6 is 11.8 Å². The van der Waals surface area contributed by atoms with Gasteiger partial charge in [0.1, 0.15) is 5.76 Å². The van der Waals surface area contributed by atoms with Gasteiger partial charge < -0.3 is 8.94 Å². The Kier molecular flexibility index (Phi) is 4.95. The molecule has 7 nitrogen and oxygen atoms in total. The number of hydrogen-bond donors (Lipinski definition) is 1. The fraction of sp³-hybridized carbons (Fsp3) is 0.250. The standard InChI is InChI=1S/C16H16N4O3S/c1-3-24-12-6-4-11(5-7-12)9-14-18-19-16(22-14)17-15(21)13-8-10(2)23-20-13/h4-8H,3,9H2,1-2H3,(H,17,19,21). The average molecular weight is 344 g/mol. The lowest BCUT2D eigenvalue weighted by atomic mass is 10.1. The third-order valence-corrected chi connectivity index (χ3v) is 4.03. The molecule has 1 N–H and O–H groups in total. The van der Waals surface area contributed by atoms with Gasteiger partial charge in [0.05, 0.1) is 6.42 Å². The first kappa shape index (κ1) is 16.3. The summed E-state index contributed by atoms with van der Waals surface area (Å²) in [6, 6.07) is 9.75. The second-order valence-corrected chi connectivity index (χ2v) is 6.37. The number of aryl methyl sites for hydroxylation is 1. The Balaban J connectivity index is 1.61. The molecule has 0 saturated carbocycles. The summed E-state index contributed by atoms with van der Waals surface area (Å²) in [5.74, 6) is 1.56. The van der Waals surface area contributed by atoms with Crippen LogP contribution in [0.5, 0.6) is 0 Å². The number of carbonyl (C=O) groups is 1. The van der Waals surface area contributed by atoms with E-state index in [-0.39, 0.29) is 11.7 Å². The Morgan fingerprint density at radius 2 is 2.04 bits per heavy atom. The molecule has 0 aliphatic heterocycles. The first-order valence-corrected chi connectivity index (χ1v) is 8.41. The highest BCUT2D eigenvalue weighted by molar-refractivity contribution is 7.99. The molecule has 0 aliphatic carbocycles. The molecule has 0 unspecified atom stereocenters. The van der Waals surface area contributed by atoms with Gasteiger partial charge in [-0.1, -0.05) is 29.3 Å². The van der Waals surface area contributed by atoms with Crippen molar-refractivity contribution in [2.75, 3.05) is 11.1 Å². The van der Waals surface area contributed by atoms with Gasteiger partial charge in [-0.15, -0.1) is 16.9 Å². The molecule has 1 aromatic carbocycles. The topological polar surface area (TPSA) is 94.1 Å². The fourth-order valence-corrected chi connectivity index (χ4v) is 2.72. The number of anilines is 1. The van der Waals surface area contributed by atoms with Gasteiger partial charge in [0.2, 0.25) is 5.89 Å². The van der Waals surface area contributed by atoms with Crippen molar-refractivity contribution in [3.8, 4) is 0 Å². The van der Waals surface area contributed by atoms with E-state index in [4.69, 9.17) is 8.94 Å². The van der Waals surface area contributed by atoms with Crippen LogP contribution in [0, 0.1) is 6.92 Å². The first-order valence-electron chi connectivity index (χ1n) is 7.43. The van der Waals surface area contributed by atoms with Crippen LogP contribution in [0.1, 0.15) is 34.6 Å². The van der Waals surface area contributed by atoms with E-state index in [2.05, 4.69) is 39.7 Å². The van der Waals surface area contributed by atoms with Gasteiger partial charge in [-0.25, -0.2) is 0 Å². The molecular formula is C16H16N4O3S. The quantitative estimate of drug-likeness (QED) is 0.685. The predicted molar refractivity (Wildman–Crippen MR) is 89.1 cm³/mol. The Morgan fingerprint density at radius 1 is 1.25 bits per heavy atom. The van der Waals surface area contributed by atoms with E-state index in [1.54, 1.807) is 18.7 Å². The maximum atomic E-state index is 11.9. The lowest BCUT2D eigenvalue weighted by molar-refractivity contribution is 0.101. The Labute approximate surface area is 142 Å². The van der Waals surface area contributed by atoms with Crippen LogP contribution < -0.4 is 5.32 Å². The highest BCUT2D eigenvalue weighted by Crippen LogP contribution is 2.19. The summed E-state index contributed by atoms with van der Waals surface area (Å²) < 4.78 is 10.3. The number of thioether (sulfide) groups is 1. The molecule has 0 aliphatic rings. The summed E-state index contributed by atoms with van der Waals surface area (Å²) >= 11 is 1.79. The summed E-state index contributed by atoms with van der Waals surface area (Å²) in [5.41, 5.74) is 1.22. The molecular weight excluding hydrogens is 328 g/mol. The number of hydrogen-bond acceptors (Lipinski definition) is 7. The molecule has 3 aromatic rings. The molecule has 8 heteroatoms. The smallest absolute Gasteiger partial charge is 0.322 e. The van der Waals surface area contributed by atoms with Crippen molar-refractivity contribution in [1.82, 2.24) is 15.4 Å². The van der Waals surface area contributed by atoms with Crippen molar-refractivity contribution >= 4 is 23.7 Å². The molecule has 1 amide bonds. The van der Waals surface area contributed by atoms with Crippen molar-refractivity contribution < 1.29 is 13.7 Å². The molecule has 124 valence electrons. The van der Waals surface area contributed by atoms with Crippen LogP contribution in [-0.4, -0.2) is 27.0 Å². The lowest BCUT2D eigenvalue weighted by Gasteiger charge is -2.00. The van der Waals surface area contributed by atoms with Crippen molar-refractivity contribution in [3.63, 3.8) is 0 Å². The maximum Gasteiger partial charge on any atom is 0.322 e. The van der Waals surface area contributed by atoms with E-state index in [1.165, 1.54) is 11.0 Å². The third kappa shape index (κ3) is 4.02. The van der Waals surface area contributed by atoms with Gasteiger partial charge in [-0.3, -0.25) is 10.1 Å². The molecule has 3 rings (SSSR count). The SMILES string of the molecule is CCSc1ccc(Cc2nnc(NC(=O)c3cc(C)on3)o2)cc1. The number of amides is 1. The summed E-state index contributed by atoms with van der Waals surface area (Å²) in [7, 11) is 0. The van der Waals surface area contributed by atoms with E-state index in [9.17, 15) is 4.79 Å². The van der Waals surface area contributed by atoms with Gasteiger partial charge in [-0.05, 0) is 30.4 Å². The number of nitrogens with one attached hydrogen (secondary N) is 1. The van der Waals surface area contributed by atoms with E-state index in [0.717, 1.165) is 11.3 Å². The molecule has 24 heavy (non-hydrogen) atoms. The van der Waals surface area contributed by atoms with Gasteiger partial charge in [0.25, 0.3) is 5.91 Å². The van der Waals surface area contributed by atoms with E-state index in [0.29, 0.717) is 18.1 Å². The van der Waals surface area contributed by atoms with Crippen LogP contribution in [-0.2, 0) is 6.42 Å². The van der Waals surface area contributed by atoms with Crippen molar-refractivity contribution in [2.45, 2.75) is 25.2 Å². The first-order chi connectivity index (χ1) is 11.6. The summed E-state index contributed by atoms with van der Waals surface area (Å²) in [4.78, 5) is 13.2. The third-order valence-electron chi connectivity index (χ3n) is 3.14. The van der Waals surface area contributed by atoms with Gasteiger partial charge in [0.15, 0.2) is 5.69 Å². The van der Waals surface area contributed by atoms with Crippen LogP contribution in [0.15, 0.2) is 44.2 Å². The van der Waals surface area contributed by atoms with E-state index in [1.807, 2.05) is 12.1 Å². The van der Waals surface area contributed by atoms with Gasteiger partial charge in [0, 0.05) is 11.0 Å². The van der Waals surface area contributed by atoms with Crippen LogP contribution in [0.3, 0.4) is 0 Å². The second-order valence-electron chi connectivity index (χ2n) is 5.03. The number of rotatable bonds is 6. The highest BCUT2D eigenvalue weighted by atomic mass is 32.2. The largest absolute Gasteiger partial charge is 0.407 e. The van der Waals surface area contributed by atoms with Crippen LogP contribution in [0.2, 0.25) is 0 Å². The Bertz CT molecular complexity index is 826. The summed E-state index contributed by atoms with van der Waals surface area (Å²) in [6.45, 7) is 3.83. The predicted octanol–water partition coefficient (Wildman–Crippen LogP) is 3.32. The van der Waals surface area contributed by atoms with E-state index >= 15 is 0 Å². The number of benzene rings is 1. The maximum absolute atomic E-state index is 11.9. The van der Waals surface area contributed by atoms with Crippen molar-refractivity contribution in [3.05, 3.63) is 53.2 Å². The summed E-state index contributed by atoms with van der Waals surface area (Å²) in [5, 5.41) is 13.9. The minimum atomic E-state index is -0.456. The van der Waals surface area contributed by atoms with Crippen LogP contribution in [0.4, 0.5) is 6.01 Å². The molecule has 0 atom stereocenters. The minimum Gasteiger partial charge on any atom is -0.407 e. The zero-order valence-electron chi connectivity index (χ0n) is 13.3. The molecule has 0 saturated heterocycles. The molecule has 0 bridgehead atoms. The molecule has 0 radical (unpaired) electrons. The van der Waals surface area contributed by atoms with Crippen LogP contribution in [0.25, 0.3) is 0 Å². The normalized spacial score (nSPS) is 10.8. The molecule has 2 aromatic heterocycles. The number of carbonyl (C=O) groups excluding carboxylic acids is 1. The molecule has 0 fully saturated rings. The van der Waals surface area contributed by atoms with E-state index < -0.39 is 5.91 Å². The van der Waals surface area contributed by atoms with Gasteiger partial charge >= 0.3 is 6.01 Å². The number of aromatic nitrogens is 3.